The molecule has 11 unspecified atom stereocenters. The van der Waals surface area contributed by atoms with Crippen LogP contribution in [0, 0.1) is 82.3 Å². The monoisotopic (exact) mass is 595 g/mol. The Morgan fingerprint density at radius 2 is 1.42 bits per heavy atom. The quantitative estimate of drug-likeness (QED) is 0.283. The second-order valence-electron chi connectivity index (χ2n) is 18.0. The lowest BCUT2D eigenvalue weighted by Crippen LogP contribution is -2.40. The number of fused-ring (bicyclic) bond motifs is 1. The van der Waals surface area contributed by atoms with Gasteiger partial charge >= 0.3 is 0 Å². The van der Waals surface area contributed by atoms with Gasteiger partial charge in [0.15, 0.2) is 0 Å². The number of rotatable bonds is 8. The molecule has 0 aliphatic heterocycles. The first-order valence-corrected chi connectivity index (χ1v) is 19.6. The second-order valence-corrected chi connectivity index (χ2v) is 18.0. The zero-order valence-electron chi connectivity index (χ0n) is 29.2. The van der Waals surface area contributed by atoms with Gasteiger partial charge in [0.2, 0.25) is 0 Å². The third-order valence-electron chi connectivity index (χ3n) is 16.1. The summed E-state index contributed by atoms with van der Waals surface area (Å²) in [6, 6.07) is 0. The lowest BCUT2D eigenvalue weighted by Gasteiger charge is -2.47. The van der Waals surface area contributed by atoms with Crippen molar-refractivity contribution in [2.45, 2.75) is 156 Å². The third kappa shape index (κ3) is 6.73. The van der Waals surface area contributed by atoms with Gasteiger partial charge in [-0.05, 0) is 192 Å². The van der Waals surface area contributed by atoms with E-state index in [-0.39, 0.29) is 6.10 Å². The highest BCUT2D eigenvalue weighted by molar-refractivity contribution is 5.02. The summed E-state index contributed by atoms with van der Waals surface area (Å²) in [5.41, 5.74) is 0.627. The normalized spacial score (nSPS) is 48.1. The maximum Gasteiger partial charge on any atom is 0.0599 e. The molecule has 6 aliphatic rings. The minimum atomic E-state index is -0.0286. The molecule has 0 aromatic carbocycles. The van der Waals surface area contributed by atoms with Gasteiger partial charge in [0, 0.05) is 7.11 Å². The molecule has 6 rings (SSSR count). The van der Waals surface area contributed by atoms with Gasteiger partial charge in [-0.15, -0.1) is 0 Å². The average molecular weight is 595 g/mol. The number of aliphatic hydroxyl groups is 1. The molecule has 1 N–H and O–H groups in total. The van der Waals surface area contributed by atoms with Crippen molar-refractivity contribution in [1.82, 2.24) is 0 Å². The standard InChI is InChI=1S/C41H70O2/c1-26-22-36(43-6)23-27(2)39(26)30(5)28(3)29(4)35-24-34-12-13-37(38(34)25-35)40(42)33-16-20-41(21-17-33)18-14-32(15-19-41)31-10-8-7-9-11-31/h8,10,26-40,42H,7,9,11-25H2,1-6H3. The van der Waals surface area contributed by atoms with Crippen molar-refractivity contribution < 1.29 is 9.84 Å². The highest BCUT2D eigenvalue weighted by Gasteiger charge is 2.50. The Morgan fingerprint density at radius 3 is 2.05 bits per heavy atom. The first-order valence-electron chi connectivity index (χ1n) is 19.6. The Morgan fingerprint density at radius 1 is 0.744 bits per heavy atom. The molecule has 0 bridgehead atoms. The van der Waals surface area contributed by atoms with Crippen molar-refractivity contribution in [3.8, 4) is 0 Å². The first kappa shape index (κ1) is 32.6. The van der Waals surface area contributed by atoms with E-state index in [9.17, 15) is 5.11 Å². The van der Waals surface area contributed by atoms with E-state index in [1.54, 1.807) is 0 Å². The van der Waals surface area contributed by atoms with E-state index in [2.05, 4.69) is 46.8 Å². The summed E-state index contributed by atoms with van der Waals surface area (Å²) in [5, 5.41) is 11.9. The summed E-state index contributed by atoms with van der Waals surface area (Å²) in [4.78, 5) is 0. The fourth-order valence-electron chi connectivity index (χ4n) is 13.2. The van der Waals surface area contributed by atoms with Crippen molar-refractivity contribution in [2.24, 2.45) is 82.3 Å². The number of ether oxygens (including phenoxy) is 1. The summed E-state index contributed by atoms with van der Waals surface area (Å²) in [7, 11) is 1.91. The van der Waals surface area contributed by atoms with Crippen LogP contribution in [0.5, 0.6) is 0 Å². The van der Waals surface area contributed by atoms with Gasteiger partial charge in [-0.25, -0.2) is 0 Å². The maximum atomic E-state index is 11.9. The van der Waals surface area contributed by atoms with E-state index in [4.69, 9.17) is 4.74 Å². The zero-order chi connectivity index (χ0) is 30.3. The van der Waals surface area contributed by atoms with E-state index in [0.29, 0.717) is 23.4 Å². The van der Waals surface area contributed by atoms with Crippen LogP contribution in [-0.2, 0) is 4.74 Å². The summed E-state index contributed by atoms with van der Waals surface area (Å²) < 4.78 is 5.80. The Labute approximate surface area is 267 Å². The highest BCUT2D eigenvalue weighted by atomic mass is 16.5. The molecule has 11 atom stereocenters. The second kappa shape index (κ2) is 13.8. The van der Waals surface area contributed by atoms with Gasteiger partial charge in [-0.3, -0.25) is 0 Å². The predicted molar refractivity (Wildman–Crippen MR) is 181 cm³/mol. The number of hydrogen-bond acceptors (Lipinski definition) is 2. The van der Waals surface area contributed by atoms with E-state index in [1.165, 1.54) is 109 Å². The van der Waals surface area contributed by atoms with Crippen LogP contribution >= 0.6 is 0 Å². The Bertz CT molecular complexity index is 895. The fourth-order valence-corrected chi connectivity index (χ4v) is 13.2. The van der Waals surface area contributed by atoms with Crippen LogP contribution in [-0.4, -0.2) is 24.4 Å². The third-order valence-corrected chi connectivity index (χ3v) is 16.1. The van der Waals surface area contributed by atoms with Crippen molar-refractivity contribution in [3.63, 3.8) is 0 Å². The molecule has 246 valence electrons. The fraction of sp³-hybridized carbons (Fsp3) is 0.951. The Kier molecular flexibility index (Phi) is 10.5. The minimum absolute atomic E-state index is 0.0286. The molecule has 0 amide bonds. The zero-order valence-corrected chi connectivity index (χ0v) is 29.2. The van der Waals surface area contributed by atoms with Crippen molar-refractivity contribution in [2.75, 3.05) is 7.11 Å². The Hall–Kier alpha value is -0.340. The molecule has 1 spiro atoms. The van der Waals surface area contributed by atoms with Gasteiger partial charge in [-0.2, -0.15) is 0 Å². The van der Waals surface area contributed by atoms with Gasteiger partial charge in [-0.1, -0.05) is 46.8 Å². The molecule has 0 heterocycles. The molecule has 6 aliphatic carbocycles. The number of methoxy groups -OCH3 is 1. The van der Waals surface area contributed by atoms with E-state index in [1.807, 2.05) is 7.11 Å². The SMILES string of the molecule is COC1CC(C)C(C(C)C(C)C(C)C2CC3CCC(C(O)C4CCC5(CCC(C6C=CCCC6)CC5)CC4)C3C2)C(C)C1. The van der Waals surface area contributed by atoms with Gasteiger partial charge < -0.3 is 9.84 Å². The molecular weight excluding hydrogens is 524 g/mol. The summed E-state index contributed by atoms with van der Waals surface area (Å²) in [6.07, 6.45) is 29.0. The highest BCUT2D eigenvalue weighted by Crippen LogP contribution is 2.58. The molecule has 5 fully saturated rings. The van der Waals surface area contributed by atoms with Crippen LogP contribution in [0.3, 0.4) is 0 Å². The number of aliphatic hydroxyl groups excluding tert-OH is 1. The van der Waals surface area contributed by atoms with Crippen molar-refractivity contribution >= 4 is 0 Å². The van der Waals surface area contributed by atoms with Crippen LogP contribution in [0.2, 0.25) is 0 Å². The molecule has 0 saturated heterocycles. The van der Waals surface area contributed by atoms with Crippen molar-refractivity contribution in [1.29, 1.82) is 0 Å². The molecule has 5 saturated carbocycles. The molecule has 43 heavy (non-hydrogen) atoms. The molecule has 0 aromatic heterocycles. The van der Waals surface area contributed by atoms with Crippen LogP contribution < -0.4 is 0 Å². The lowest BCUT2D eigenvalue weighted by atomic mass is 9.58. The topological polar surface area (TPSA) is 29.5 Å². The van der Waals surface area contributed by atoms with Gasteiger partial charge in [0.25, 0.3) is 0 Å². The van der Waals surface area contributed by atoms with Crippen LogP contribution in [0.25, 0.3) is 0 Å². The summed E-state index contributed by atoms with van der Waals surface area (Å²) in [5.74, 6) is 10.3. The molecule has 2 nitrogen and oxygen atoms in total. The van der Waals surface area contributed by atoms with Gasteiger partial charge in [0.05, 0.1) is 12.2 Å². The molecule has 0 aromatic rings. The largest absolute Gasteiger partial charge is 0.393 e. The number of hydrogen-bond donors (Lipinski definition) is 1. The maximum absolute atomic E-state index is 11.9. The van der Waals surface area contributed by atoms with Crippen molar-refractivity contribution in [3.05, 3.63) is 12.2 Å². The summed E-state index contributed by atoms with van der Waals surface area (Å²) in [6.45, 7) is 12.8. The predicted octanol–water partition coefficient (Wildman–Crippen LogP) is 10.7. The van der Waals surface area contributed by atoms with Crippen LogP contribution in [0.1, 0.15) is 144 Å². The molecule has 0 radical (unpaired) electrons. The van der Waals surface area contributed by atoms with Crippen LogP contribution in [0.4, 0.5) is 0 Å². The minimum Gasteiger partial charge on any atom is -0.393 e. The van der Waals surface area contributed by atoms with E-state index >= 15 is 0 Å². The van der Waals surface area contributed by atoms with E-state index < -0.39 is 0 Å². The van der Waals surface area contributed by atoms with Gasteiger partial charge in [0.1, 0.15) is 0 Å². The molecule has 2 heteroatoms. The summed E-state index contributed by atoms with van der Waals surface area (Å²) >= 11 is 0. The van der Waals surface area contributed by atoms with E-state index in [0.717, 1.165) is 65.1 Å². The smallest absolute Gasteiger partial charge is 0.0599 e. The first-order chi connectivity index (χ1) is 20.7. The average Bonchev–Trinajstić information content (AvgIpc) is 3.62. The number of allylic oxidation sites excluding steroid dienone is 2. The Balaban J connectivity index is 0.989. The lowest BCUT2D eigenvalue weighted by molar-refractivity contribution is -0.0259. The van der Waals surface area contributed by atoms with Crippen LogP contribution in [0.15, 0.2) is 12.2 Å². The molecular formula is C41H70O2.